The van der Waals surface area contributed by atoms with E-state index in [0.29, 0.717) is 32.1 Å². The fourth-order valence-corrected chi connectivity index (χ4v) is 1.26. The van der Waals surface area contributed by atoms with Crippen LogP contribution in [0.5, 0.6) is 0 Å². The third-order valence-electron chi connectivity index (χ3n) is 2.12. The standard InChI is InChI=1S/C10H17N3O3/c1-15-7-5-13(6-8-16-2)9-3-4-10(14)12-11-9/h3-4H,5-8H2,1-2H3,(H,12,14). The molecule has 0 amide bonds. The minimum atomic E-state index is -0.206. The van der Waals surface area contributed by atoms with Gasteiger partial charge in [0, 0.05) is 33.4 Å². The number of methoxy groups -OCH3 is 2. The maximum absolute atomic E-state index is 10.9. The quantitative estimate of drug-likeness (QED) is 0.702. The molecular formula is C10H17N3O3. The molecule has 0 aliphatic carbocycles. The molecule has 6 heteroatoms. The van der Waals surface area contributed by atoms with Crippen molar-refractivity contribution in [2.45, 2.75) is 0 Å². The normalized spacial score (nSPS) is 10.4. The van der Waals surface area contributed by atoms with Crippen LogP contribution in [-0.4, -0.2) is 50.7 Å². The first-order chi connectivity index (χ1) is 7.77. The second kappa shape index (κ2) is 6.97. The fraction of sp³-hybridized carbons (Fsp3) is 0.600. The van der Waals surface area contributed by atoms with Gasteiger partial charge in [0.25, 0.3) is 5.56 Å². The number of hydrogen-bond acceptors (Lipinski definition) is 5. The average molecular weight is 227 g/mol. The van der Waals surface area contributed by atoms with Crippen molar-refractivity contribution in [1.29, 1.82) is 0 Å². The Labute approximate surface area is 94.2 Å². The number of rotatable bonds is 7. The molecule has 0 unspecified atom stereocenters. The molecule has 1 aromatic heterocycles. The van der Waals surface area contributed by atoms with E-state index < -0.39 is 0 Å². The SMILES string of the molecule is COCCN(CCOC)c1ccc(=O)[nH]n1. The number of aromatic amines is 1. The second-order valence-corrected chi connectivity index (χ2v) is 3.25. The highest BCUT2D eigenvalue weighted by Crippen LogP contribution is 2.05. The van der Waals surface area contributed by atoms with Crippen LogP contribution < -0.4 is 10.5 Å². The molecule has 1 heterocycles. The fourth-order valence-electron chi connectivity index (χ4n) is 1.26. The first-order valence-electron chi connectivity index (χ1n) is 5.06. The largest absolute Gasteiger partial charge is 0.383 e. The van der Waals surface area contributed by atoms with Gasteiger partial charge in [-0.3, -0.25) is 4.79 Å². The van der Waals surface area contributed by atoms with Gasteiger partial charge in [0.1, 0.15) is 5.82 Å². The molecule has 0 fully saturated rings. The molecule has 16 heavy (non-hydrogen) atoms. The summed E-state index contributed by atoms with van der Waals surface area (Å²) in [6, 6.07) is 3.14. The lowest BCUT2D eigenvalue weighted by atomic mass is 10.4. The van der Waals surface area contributed by atoms with Crippen LogP contribution in [0.1, 0.15) is 0 Å². The van der Waals surface area contributed by atoms with Crippen LogP contribution in [0, 0.1) is 0 Å². The smallest absolute Gasteiger partial charge is 0.264 e. The Morgan fingerprint density at radius 3 is 2.31 bits per heavy atom. The monoisotopic (exact) mass is 227 g/mol. The van der Waals surface area contributed by atoms with Crippen LogP contribution in [0.3, 0.4) is 0 Å². The molecule has 0 aromatic carbocycles. The zero-order valence-corrected chi connectivity index (χ0v) is 9.60. The highest BCUT2D eigenvalue weighted by Gasteiger charge is 2.07. The molecule has 0 saturated heterocycles. The van der Waals surface area contributed by atoms with Crippen LogP contribution in [0.2, 0.25) is 0 Å². The topological polar surface area (TPSA) is 67.5 Å². The lowest BCUT2D eigenvalue weighted by Crippen LogP contribution is -2.32. The molecule has 0 saturated carbocycles. The highest BCUT2D eigenvalue weighted by atomic mass is 16.5. The van der Waals surface area contributed by atoms with Gasteiger partial charge in [-0.15, -0.1) is 0 Å². The van der Waals surface area contributed by atoms with Crippen molar-refractivity contribution in [3.05, 3.63) is 22.5 Å². The van der Waals surface area contributed by atoms with Crippen LogP contribution in [0.4, 0.5) is 5.82 Å². The van der Waals surface area contributed by atoms with E-state index in [1.807, 2.05) is 4.90 Å². The number of ether oxygens (including phenoxy) is 2. The summed E-state index contributed by atoms with van der Waals surface area (Å²) in [4.78, 5) is 12.9. The van der Waals surface area contributed by atoms with Crippen LogP contribution >= 0.6 is 0 Å². The molecular weight excluding hydrogens is 210 g/mol. The molecule has 1 aromatic rings. The van der Waals surface area contributed by atoms with Crippen molar-refractivity contribution in [2.75, 3.05) is 45.4 Å². The zero-order valence-electron chi connectivity index (χ0n) is 9.60. The van der Waals surface area contributed by atoms with Crippen LogP contribution in [0.25, 0.3) is 0 Å². The van der Waals surface area contributed by atoms with Crippen molar-refractivity contribution in [3.8, 4) is 0 Å². The Morgan fingerprint density at radius 2 is 1.88 bits per heavy atom. The van der Waals surface area contributed by atoms with Crippen LogP contribution in [-0.2, 0) is 9.47 Å². The number of hydrogen-bond donors (Lipinski definition) is 1. The van der Waals surface area contributed by atoms with E-state index in [1.54, 1.807) is 20.3 Å². The van der Waals surface area contributed by atoms with Gasteiger partial charge in [-0.2, -0.15) is 5.10 Å². The van der Waals surface area contributed by atoms with E-state index in [0.717, 1.165) is 0 Å². The van der Waals surface area contributed by atoms with Crippen molar-refractivity contribution < 1.29 is 9.47 Å². The summed E-state index contributed by atoms with van der Waals surface area (Å²) >= 11 is 0. The molecule has 0 aliphatic heterocycles. The Bertz CT molecular complexity index is 325. The Balaban J connectivity index is 2.66. The summed E-state index contributed by atoms with van der Waals surface area (Å²) < 4.78 is 10.0. The maximum Gasteiger partial charge on any atom is 0.264 e. The molecule has 90 valence electrons. The van der Waals surface area contributed by atoms with Gasteiger partial charge >= 0.3 is 0 Å². The summed E-state index contributed by atoms with van der Waals surface area (Å²) in [6.07, 6.45) is 0. The van der Waals surface area contributed by atoms with E-state index in [9.17, 15) is 4.79 Å². The number of nitrogens with zero attached hydrogens (tertiary/aromatic N) is 2. The second-order valence-electron chi connectivity index (χ2n) is 3.25. The van der Waals surface area contributed by atoms with E-state index in [4.69, 9.17) is 9.47 Å². The molecule has 0 radical (unpaired) electrons. The number of anilines is 1. The van der Waals surface area contributed by atoms with Crippen molar-refractivity contribution in [3.63, 3.8) is 0 Å². The summed E-state index contributed by atoms with van der Waals surface area (Å²) in [5.74, 6) is 0.716. The average Bonchev–Trinajstić information content (AvgIpc) is 2.31. The van der Waals surface area contributed by atoms with Gasteiger partial charge in [0.15, 0.2) is 0 Å². The molecule has 1 N–H and O–H groups in total. The van der Waals surface area contributed by atoms with Gasteiger partial charge < -0.3 is 14.4 Å². The van der Waals surface area contributed by atoms with Crippen molar-refractivity contribution in [2.24, 2.45) is 0 Å². The lowest BCUT2D eigenvalue weighted by Gasteiger charge is -2.22. The Hall–Kier alpha value is -1.40. The van der Waals surface area contributed by atoms with E-state index in [1.165, 1.54) is 6.07 Å². The van der Waals surface area contributed by atoms with E-state index in [2.05, 4.69) is 10.2 Å². The highest BCUT2D eigenvalue weighted by molar-refractivity contribution is 5.36. The van der Waals surface area contributed by atoms with Gasteiger partial charge in [-0.05, 0) is 6.07 Å². The molecule has 0 aliphatic rings. The third-order valence-corrected chi connectivity index (χ3v) is 2.12. The summed E-state index contributed by atoms with van der Waals surface area (Å²) in [6.45, 7) is 2.62. The maximum atomic E-state index is 10.9. The van der Waals surface area contributed by atoms with Crippen molar-refractivity contribution in [1.82, 2.24) is 10.2 Å². The van der Waals surface area contributed by atoms with Crippen molar-refractivity contribution >= 4 is 5.82 Å². The molecule has 0 bridgehead atoms. The first-order valence-corrected chi connectivity index (χ1v) is 5.06. The molecule has 6 nitrogen and oxygen atoms in total. The number of H-pyrrole nitrogens is 1. The third kappa shape index (κ3) is 4.00. The van der Waals surface area contributed by atoms with Gasteiger partial charge in [0.05, 0.1) is 13.2 Å². The lowest BCUT2D eigenvalue weighted by molar-refractivity contribution is 0.190. The van der Waals surface area contributed by atoms with Gasteiger partial charge in [-0.25, -0.2) is 5.10 Å². The summed E-state index contributed by atoms with van der Waals surface area (Å²) in [7, 11) is 3.30. The number of nitrogens with one attached hydrogen (secondary N) is 1. The predicted octanol–water partition coefficient (Wildman–Crippen LogP) is -0.131. The molecule has 0 atom stereocenters. The first kappa shape index (κ1) is 12.7. The molecule has 0 spiro atoms. The van der Waals surface area contributed by atoms with Gasteiger partial charge in [-0.1, -0.05) is 0 Å². The minimum Gasteiger partial charge on any atom is -0.383 e. The molecule has 1 rings (SSSR count). The summed E-state index contributed by atoms with van der Waals surface area (Å²) in [5.41, 5.74) is -0.206. The zero-order chi connectivity index (χ0) is 11.8. The Kier molecular flexibility index (Phi) is 5.52. The van der Waals surface area contributed by atoms with Crippen LogP contribution in [0.15, 0.2) is 16.9 Å². The van der Waals surface area contributed by atoms with E-state index in [-0.39, 0.29) is 5.56 Å². The number of aromatic nitrogens is 2. The van der Waals surface area contributed by atoms with Gasteiger partial charge in [0.2, 0.25) is 0 Å². The summed E-state index contributed by atoms with van der Waals surface area (Å²) in [5, 5.41) is 6.37. The predicted molar refractivity (Wildman–Crippen MR) is 60.8 cm³/mol. The van der Waals surface area contributed by atoms with E-state index >= 15 is 0 Å². The Morgan fingerprint density at radius 1 is 1.25 bits per heavy atom. The minimum absolute atomic E-state index is 0.206.